The molecule has 0 aromatic rings. The summed E-state index contributed by atoms with van der Waals surface area (Å²) in [6.07, 6.45) is 99.8. The average molecular weight is 1220 g/mol. The summed E-state index contributed by atoms with van der Waals surface area (Å²) in [7, 11) is 0. The molecule has 2 atom stereocenters. The van der Waals surface area contributed by atoms with Crippen LogP contribution < -0.4 is 5.32 Å². The molecular weight excluding hydrogens is 1070 g/mol. The molecule has 0 bridgehead atoms. The van der Waals surface area contributed by atoms with E-state index in [1.54, 1.807) is 6.08 Å². The molecule has 0 spiro atoms. The number of amides is 1. The van der Waals surface area contributed by atoms with Gasteiger partial charge in [0.05, 0.1) is 25.4 Å². The molecule has 0 aliphatic heterocycles. The molecule has 514 valence electrons. The number of unbranched alkanes of at least 4 members (excludes halogenated alkanes) is 60. The number of aliphatic hydroxyl groups excluding tert-OH is 2. The molecule has 0 aromatic heterocycles. The standard InChI is InChI=1S/C81H155NO5/c1-3-5-7-9-11-13-15-17-19-20-21-22-23-33-36-39-42-46-49-53-57-61-65-69-73-79(84)78(77-83)82-80(85)74-70-66-62-58-54-50-47-43-40-37-34-31-29-27-25-24-26-28-30-32-35-38-41-44-48-52-56-60-64-68-72-76-87-81(86)75-71-67-63-59-55-51-45-18-16-14-12-10-8-6-4-2/h18,26,28,45,69,73,78-79,83-84H,3-17,19-25,27,29-44,46-68,70-72,74-77H2,1-2H3,(H,82,85)/b28-26-,45-18-,73-69+. The van der Waals surface area contributed by atoms with Crippen molar-refractivity contribution in [2.45, 2.75) is 456 Å². The Balaban J connectivity index is 3.39. The Morgan fingerprint density at radius 1 is 0.310 bits per heavy atom. The number of ether oxygens (including phenoxy) is 1. The molecule has 6 heteroatoms. The van der Waals surface area contributed by atoms with Crippen LogP contribution in [0.3, 0.4) is 0 Å². The molecule has 0 heterocycles. The number of rotatable bonds is 75. The van der Waals surface area contributed by atoms with E-state index in [0.29, 0.717) is 19.4 Å². The maximum Gasteiger partial charge on any atom is 0.305 e. The molecule has 1 amide bonds. The van der Waals surface area contributed by atoms with Gasteiger partial charge in [-0.1, -0.05) is 384 Å². The Labute approximate surface area is 544 Å². The van der Waals surface area contributed by atoms with E-state index in [2.05, 4.69) is 43.5 Å². The first kappa shape index (κ1) is 85.1. The second-order valence-corrected chi connectivity index (χ2v) is 27.4. The van der Waals surface area contributed by atoms with E-state index in [-0.39, 0.29) is 18.5 Å². The minimum Gasteiger partial charge on any atom is -0.466 e. The van der Waals surface area contributed by atoms with E-state index in [1.165, 1.54) is 372 Å². The van der Waals surface area contributed by atoms with Crippen molar-refractivity contribution in [3.8, 4) is 0 Å². The number of carbonyl (C=O) groups excluding carboxylic acids is 2. The topological polar surface area (TPSA) is 95.9 Å². The van der Waals surface area contributed by atoms with Crippen LogP contribution in [0.1, 0.15) is 444 Å². The first-order chi connectivity index (χ1) is 43.0. The van der Waals surface area contributed by atoms with Gasteiger partial charge in [-0.05, 0) is 83.5 Å². The highest BCUT2D eigenvalue weighted by atomic mass is 16.5. The van der Waals surface area contributed by atoms with Crippen LogP contribution in [0, 0.1) is 0 Å². The highest BCUT2D eigenvalue weighted by molar-refractivity contribution is 5.76. The fourth-order valence-electron chi connectivity index (χ4n) is 12.6. The molecule has 2 unspecified atom stereocenters. The van der Waals surface area contributed by atoms with Crippen molar-refractivity contribution < 1.29 is 24.5 Å². The maximum atomic E-state index is 12.6. The van der Waals surface area contributed by atoms with Gasteiger partial charge in [-0.25, -0.2) is 0 Å². The van der Waals surface area contributed by atoms with Gasteiger partial charge in [0.15, 0.2) is 0 Å². The van der Waals surface area contributed by atoms with Gasteiger partial charge in [-0.3, -0.25) is 9.59 Å². The largest absolute Gasteiger partial charge is 0.466 e. The minimum absolute atomic E-state index is 0.0102. The quantitative estimate of drug-likeness (QED) is 0.0320. The molecule has 0 saturated heterocycles. The maximum absolute atomic E-state index is 12.6. The third-order valence-corrected chi connectivity index (χ3v) is 18.6. The average Bonchev–Trinajstić information content (AvgIpc) is 3.53. The van der Waals surface area contributed by atoms with E-state index in [4.69, 9.17) is 4.74 Å². The number of nitrogens with one attached hydrogen (secondary N) is 1. The summed E-state index contributed by atoms with van der Waals surface area (Å²) in [6, 6.07) is -0.628. The van der Waals surface area contributed by atoms with Gasteiger partial charge in [0, 0.05) is 12.8 Å². The van der Waals surface area contributed by atoms with Crippen LogP contribution >= 0.6 is 0 Å². The summed E-state index contributed by atoms with van der Waals surface area (Å²) in [5, 5.41) is 23.3. The first-order valence-electron chi connectivity index (χ1n) is 39.8. The lowest BCUT2D eigenvalue weighted by Gasteiger charge is -2.20. The minimum atomic E-state index is -0.845. The Morgan fingerprint density at radius 3 is 0.816 bits per heavy atom. The zero-order valence-corrected chi connectivity index (χ0v) is 59.0. The molecule has 0 aliphatic carbocycles. The van der Waals surface area contributed by atoms with E-state index in [1.807, 2.05) is 6.08 Å². The van der Waals surface area contributed by atoms with Crippen molar-refractivity contribution in [1.82, 2.24) is 5.32 Å². The normalized spacial score (nSPS) is 12.6. The number of aliphatic hydroxyl groups is 2. The van der Waals surface area contributed by atoms with Crippen LogP contribution in [0.5, 0.6) is 0 Å². The van der Waals surface area contributed by atoms with Crippen molar-refractivity contribution in [2.24, 2.45) is 0 Å². The molecule has 87 heavy (non-hydrogen) atoms. The van der Waals surface area contributed by atoms with Gasteiger partial charge >= 0.3 is 5.97 Å². The fourth-order valence-corrected chi connectivity index (χ4v) is 12.6. The van der Waals surface area contributed by atoms with Gasteiger partial charge in [0.25, 0.3) is 0 Å². The van der Waals surface area contributed by atoms with Crippen molar-refractivity contribution in [3.63, 3.8) is 0 Å². The van der Waals surface area contributed by atoms with E-state index in [9.17, 15) is 19.8 Å². The summed E-state index contributed by atoms with van der Waals surface area (Å²) in [6.45, 7) is 4.94. The molecule has 0 rings (SSSR count). The van der Waals surface area contributed by atoms with Crippen LogP contribution in [0.15, 0.2) is 36.5 Å². The van der Waals surface area contributed by atoms with Crippen molar-refractivity contribution in [3.05, 3.63) is 36.5 Å². The summed E-state index contributed by atoms with van der Waals surface area (Å²) in [4.78, 5) is 24.6. The van der Waals surface area contributed by atoms with Crippen molar-refractivity contribution >= 4 is 11.9 Å². The molecule has 0 aromatic carbocycles. The van der Waals surface area contributed by atoms with E-state index in [0.717, 1.165) is 44.9 Å². The van der Waals surface area contributed by atoms with Crippen LogP contribution in [0.2, 0.25) is 0 Å². The summed E-state index contributed by atoms with van der Waals surface area (Å²) in [5.74, 6) is -0.0508. The number of hydrogen-bond acceptors (Lipinski definition) is 5. The highest BCUT2D eigenvalue weighted by Crippen LogP contribution is 2.19. The second kappa shape index (κ2) is 76.5. The molecule has 0 aliphatic rings. The van der Waals surface area contributed by atoms with Gasteiger partial charge in [0.1, 0.15) is 0 Å². The Hall–Kier alpha value is -1.92. The smallest absolute Gasteiger partial charge is 0.305 e. The number of carbonyl (C=O) groups is 2. The molecule has 0 radical (unpaired) electrons. The van der Waals surface area contributed by atoms with Gasteiger partial charge < -0.3 is 20.3 Å². The SMILES string of the molecule is CCCCCCCC/C=C\CCCCCCCC(=O)OCCCCCCCCCCCCCC/C=C\CCCCCCCCCCCCCCCCCC(=O)NC(CO)C(O)/C=C/CCCCCCCCCCCCCCCCCCCCCCCC. The lowest BCUT2D eigenvalue weighted by atomic mass is 10.0. The Bertz CT molecular complexity index is 1410. The lowest BCUT2D eigenvalue weighted by molar-refractivity contribution is -0.143. The number of allylic oxidation sites excluding steroid dienone is 5. The lowest BCUT2D eigenvalue weighted by Crippen LogP contribution is -2.45. The van der Waals surface area contributed by atoms with Crippen LogP contribution in [0.4, 0.5) is 0 Å². The second-order valence-electron chi connectivity index (χ2n) is 27.4. The summed E-state index contributed by atoms with van der Waals surface area (Å²) in [5.41, 5.74) is 0. The summed E-state index contributed by atoms with van der Waals surface area (Å²) >= 11 is 0. The third kappa shape index (κ3) is 73.0. The predicted octanol–water partition coefficient (Wildman–Crippen LogP) is 26.2. The van der Waals surface area contributed by atoms with Crippen molar-refractivity contribution in [2.75, 3.05) is 13.2 Å². The Kier molecular flexibility index (Phi) is 74.8. The van der Waals surface area contributed by atoms with Crippen molar-refractivity contribution in [1.29, 1.82) is 0 Å². The zero-order chi connectivity index (χ0) is 62.8. The molecule has 0 fully saturated rings. The van der Waals surface area contributed by atoms with E-state index < -0.39 is 12.1 Å². The molecular formula is C81H155NO5. The van der Waals surface area contributed by atoms with Crippen LogP contribution in [-0.4, -0.2) is 47.4 Å². The number of esters is 1. The fraction of sp³-hybridized carbons (Fsp3) is 0.901. The zero-order valence-electron chi connectivity index (χ0n) is 59.0. The third-order valence-electron chi connectivity index (χ3n) is 18.6. The van der Waals surface area contributed by atoms with Crippen LogP contribution in [-0.2, 0) is 14.3 Å². The first-order valence-corrected chi connectivity index (χ1v) is 39.8. The van der Waals surface area contributed by atoms with Gasteiger partial charge in [-0.15, -0.1) is 0 Å². The highest BCUT2D eigenvalue weighted by Gasteiger charge is 2.18. The number of hydrogen-bond donors (Lipinski definition) is 3. The molecule has 6 nitrogen and oxygen atoms in total. The monoisotopic (exact) mass is 1220 g/mol. The van der Waals surface area contributed by atoms with E-state index >= 15 is 0 Å². The Morgan fingerprint density at radius 2 is 0.540 bits per heavy atom. The molecule has 3 N–H and O–H groups in total. The van der Waals surface area contributed by atoms with Crippen LogP contribution in [0.25, 0.3) is 0 Å². The predicted molar refractivity (Wildman–Crippen MR) is 384 cm³/mol. The van der Waals surface area contributed by atoms with Gasteiger partial charge in [-0.2, -0.15) is 0 Å². The van der Waals surface area contributed by atoms with Gasteiger partial charge in [0.2, 0.25) is 5.91 Å². The molecule has 0 saturated carbocycles. The summed E-state index contributed by atoms with van der Waals surface area (Å²) < 4.78 is 5.50.